The molecule has 0 saturated heterocycles. The minimum absolute atomic E-state index is 0. The molecule has 2 aromatic heterocycles. The number of terminal acetylenes is 1. The maximum Gasteiger partial charge on any atom is 0.343 e. The van der Waals surface area contributed by atoms with Gasteiger partial charge in [0.1, 0.15) is 22.8 Å². The van der Waals surface area contributed by atoms with Crippen molar-refractivity contribution >= 4 is 41.3 Å². The molecule has 37 heavy (non-hydrogen) atoms. The molecule has 0 atom stereocenters. The molecule has 0 bridgehead atoms. The Labute approximate surface area is 225 Å². The lowest BCUT2D eigenvalue weighted by molar-refractivity contribution is 0.0516. The van der Waals surface area contributed by atoms with Gasteiger partial charge in [0.25, 0.3) is 0 Å². The molecule has 0 unspecified atom stereocenters. The maximum absolute atomic E-state index is 11.7. The molecule has 4 N–H and O–H groups in total. The SMILES string of the molecule is C.C#CC.CCCNc1nc(N)ncc1C(=O)OCC.CCCNc1nc(SC)ncc1C(=O)OCC. The van der Waals surface area contributed by atoms with Gasteiger partial charge in [-0.05, 0) is 39.9 Å². The van der Waals surface area contributed by atoms with Crippen LogP contribution in [0.25, 0.3) is 0 Å². The molecule has 206 valence electrons. The fourth-order valence-corrected chi connectivity index (χ4v) is 2.67. The van der Waals surface area contributed by atoms with E-state index in [0.29, 0.717) is 47.7 Å². The van der Waals surface area contributed by atoms with E-state index in [1.165, 1.54) is 24.2 Å². The van der Waals surface area contributed by atoms with Crippen molar-refractivity contribution in [3.8, 4) is 12.3 Å². The van der Waals surface area contributed by atoms with Crippen LogP contribution in [0.3, 0.4) is 0 Å². The predicted molar refractivity (Wildman–Crippen MR) is 151 cm³/mol. The van der Waals surface area contributed by atoms with Crippen LogP contribution in [0.4, 0.5) is 17.6 Å². The standard InChI is InChI=1S/C11H17N3O2S.C10H16N4O2.C3H4.CH4/c1-4-6-12-9-8(10(15)16-5-2)7-13-11(14-9)17-3;1-3-5-12-8-7(9(15)16-4-2)6-13-10(11)14-8;1-3-2;/h7H,4-6H2,1-3H3,(H,12,13,14);6H,3-5H2,1-2H3,(H3,11,12,13,14);1H,2H3;1H4. The number of carbonyl (C=O) groups is 2. The number of carbonyl (C=O) groups excluding carboxylic acids is 2. The average Bonchev–Trinajstić information content (AvgIpc) is 2.87. The quantitative estimate of drug-likeness (QED) is 0.160. The van der Waals surface area contributed by atoms with Crippen molar-refractivity contribution in [3.63, 3.8) is 0 Å². The predicted octanol–water partition coefficient (Wildman–Crippen LogP) is 4.53. The maximum atomic E-state index is 11.7. The lowest BCUT2D eigenvalue weighted by Gasteiger charge is -2.10. The van der Waals surface area contributed by atoms with Gasteiger partial charge >= 0.3 is 11.9 Å². The van der Waals surface area contributed by atoms with Crippen LogP contribution in [0.2, 0.25) is 0 Å². The fourth-order valence-electron chi connectivity index (χ4n) is 2.33. The molecule has 11 nitrogen and oxygen atoms in total. The molecule has 2 rings (SSSR count). The molecule has 2 aromatic rings. The van der Waals surface area contributed by atoms with Crippen LogP contribution in [0.5, 0.6) is 0 Å². The summed E-state index contributed by atoms with van der Waals surface area (Å²) in [5, 5.41) is 6.76. The molecule has 12 heteroatoms. The second-order valence-electron chi connectivity index (χ2n) is 6.69. The van der Waals surface area contributed by atoms with Gasteiger partial charge in [0.15, 0.2) is 5.16 Å². The molecule has 2 heterocycles. The third-order valence-electron chi connectivity index (χ3n) is 3.83. The van der Waals surface area contributed by atoms with Crippen molar-refractivity contribution < 1.29 is 19.1 Å². The molecule has 0 spiro atoms. The molecule has 0 amide bonds. The van der Waals surface area contributed by atoms with Gasteiger partial charge in [-0.25, -0.2) is 24.5 Å². The smallest absolute Gasteiger partial charge is 0.343 e. The molecule has 0 aliphatic carbocycles. The lowest BCUT2D eigenvalue weighted by atomic mass is 10.3. The third-order valence-corrected chi connectivity index (χ3v) is 4.39. The molecule has 0 saturated carbocycles. The Bertz CT molecular complexity index is 984. The minimum atomic E-state index is -0.443. The van der Waals surface area contributed by atoms with Crippen molar-refractivity contribution in [2.75, 3.05) is 48.9 Å². The zero-order valence-corrected chi connectivity index (χ0v) is 22.7. The van der Waals surface area contributed by atoms with E-state index in [4.69, 9.17) is 15.2 Å². The summed E-state index contributed by atoms with van der Waals surface area (Å²) in [6, 6.07) is 0. The number of thioether (sulfide) groups is 1. The van der Waals surface area contributed by atoms with Gasteiger partial charge in [-0.1, -0.05) is 33.0 Å². The average molecular weight is 536 g/mol. The summed E-state index contributed by atoms with van der Waals surface area (Å²) in [5.41, 5.74) is 6.16. The van der Waals surface area contributed by atoms with Crippen LogP contribution in [0.1, 0.15) is 75.6 Å². The summed E-state index contributed by atoms with van der Waals surface area (Å²) >= 11 is 1.44. The van der Waals surface area contributed by atoms with Crippen LogP contribution >= 0.6 is 11.8 Å². The van der Waals surface area contributed by atoms with Gasteiger partial charge in [-0.3, -0.25) is 0 Å². The molecule has 0 aliphatic heterocycles. The normalized spacial score (nSPS) is 9.11. The minimum Gasteiger partial charge on any atom is -0.462 e. The first-order chi connectivity index (χ1) is 17.3. The number of ether oxygens (including phenoxy) is 2. The summed E-state index contributed by atoms with van der Waals surface area (Å²) in [4.78, 5) is 39.3. The number of nitrogens with one attached hydrogen (secondary N) is 2. The Morgan fingerprint density at radius 2 is 1.38 bits per heavy atom. The number of nitrogen functional groups attached to an aromatic ring is 1. The second kappa shape index (κ2) is 21.7. The van der Waals surface area contributed by atoms with Crippen LogP contribution in [0, 0.1) is 12.3 Å². The first-order valence-electron chi connectivity index (χ1n) is 11.6. The summed E-state index contributed by atoms with van der Waals surface area (Å²) in [7, 11) is 0. The number of nitrogens with zero attached hydrogens (tertiary/aromatic N) is 4. The first-order valence-corrected chi connectivity index (χ1v) is 12.8. The zero-order chi connectivity index (χ0) is 27.3. The van der Waals surface area contributed by atoms with Crippen LogP contribution in [-0.4, -0.2) is 64.4 Å². The summed E-state index contributed by atoms with van der Waals surface area (Å²) in [6.45, 7) is 11.4. The second-order valence-corrected chi connectivity index (χ2v) is 7.47. The van der Waals surface area contributed by atoms with Crippen LogP contribution in [-0.2, 0) is 9.47 Å². The highest BCUT2D eigenvalue weighted by atomic mass is 32.2. The molecular weight excluding hydrogens is 494 g/mol. The highest BCUT2D eigenvalue weighted by Gasteiger charge is 2.16. The van der Waals surface area contributed by atoms with E-state index in [0.717, 1.165) is 19.4 Å². The number of aromatic nitrogens is 4. The molecular formula is C25H41N7O4S. The number of rotatable bonds is 11. The van der Waals surface area contributed by atoms with E-state index in [1.807, 2.05) is 20.1 Å². The summed E-state index contributed by atoms with van der Waals surface area (Å²) in [6.07, 6.45) is 11.3. The van der Waals surface area contributed by atoms with Crippen molar-refractivity contribution in [3.05, 3.63) is 23.5 Å². The number of hydrogen-bond donors (Lipinski definition) is 3. The van der Waals surface area contributed by atoms with Crippen molar-refractivity contribution in [2.45, 2.75) is 60.0 Å². The van der Waals surface area contributed by atoms with Crippen LogP contribution in [0.15, 0.2) is 17.6 Å². The topological polar surface area (TPSA) is 154 Å². The van der Waals surface area contributed by atoms with E-state index in [-0.39, 0.29) is 13.4 Å². The zero-order valence-electron chi connectivity index (χ0n) is 21.9. The lowest BCUT2D eigenvalue weighted by Crippen LogP contribution is -2.13. The van der Waals surface area contributed by atoms with Crippen molar-refractivity contribution in [2.24, 2.45) is 0 Å². The van der Waals surface area contributed by atoms with E-state index in [9.17, 15) is 9.59 Å². The van der Waals surface area contributed by atoms with E-state index in [2.05, 4.69) is 42.9 Å². The number of esters is 2. The number of hydrogen-bond acceptors (Lipinski definition) is 12. The molecule has 0 aliphatic rings. The van der Waals surface area contributed by atoms with E-state index < -0.39 is 11.9 Å². The fraction of sp³-hybridized carbons (Fsp3) is 0.520. The summed E-state index contributed by atoms with van der Waals surface area (Å²) < 4.78 is 9.85. The van der Waals surface area contributed by atoms with Gasteiger partial charge in [0.2, 0.25) is 5.95 Å². The van der Waals surface area contributed by atoms with Crippen LogP contribution < -0.4 is 16.4 Å². The summed E-state index contributed by atoms with van der Waals surface area (Å²) in [5.74, 6) is 2.52. The monoisotopic (exact) mass is 535 g/mol. The van der Waals surface area contributed by atoms with Gasteiger partial charge in [0, 0.05) is 25.5 Å². The Morgan fingerprint density at radius 3 is 1.78 bits per heavy atom. The van der Waals surface area contributed by atoms with Gasteiger partial charge < -0.3 is 25.8 Å². The Morgan fingerprint density at radius 1 is 0.946 bits per heavy atom. The number of nitrogens with two attached hydrogens (primary N) is 1. The largest absolute Gasteiger partial charge is 0.462 e. The van der Waals surface area contributed by atoms with E-state index >= 15 is 0 Å². The van der Waals surface area contributed by atoms with Crippen molar-refractivity contribution in [1.29, 1.82) is 0 Å². The Balaban J connectivity index is 0. The molecule has 0 fully saturated rings. The van der Waals surface area contributed by atoms with Gasteiger partial charge in [-0.15, -0.1) is 12.3 Å². The Hall–Kier alpha value is -3.59. The highest BCUT2D eigenvalue weighted by Crippen LogP contribution is 2.17. The van der Waals surface area contributed by atoms with Crippen molar-refractivity contribution in [1.82, 2.24) is 19.9 Å². The molecule has 0 aromatic carbocycles. The van der Waals surface area contributed by atoms with Gasteiger partial charge in [-0.2, -0.15) is 4.98 Å². The van der Waals surface area contributed by atoms with E-state index in [1.54, 1.807) is 20.8 Å². The third kappa shape index (κ3) is 13.9. The first kappa shape index (κ1) is 35.6. The Kier molecular flexibility index (Phi) is 20.8. The number of anilines is 3. The highest BCUT2D eigenvalue weighted by molar-refractivity contribution is 7.98. The van der Waals surface area contributed by atoms with Gasteiger partial charge in [0.05, 0.1) is 13.2 Å². The molecule has 0 radical (unpaired) electrons.